The Labute approximate surface area is 120 Å². The van der Waals surface area contributed by atoms with E-state index in [1.165, 1.54) is 0 Å². The summed E-state index contributed by atoms with van der Waals surface area (Å²) in [6.45, 7) is 0.559. The number of amides is 1. The number of carbonyl (C=O) groups excluding carboxylic acids is 1. The zero-order chi connectivity index (χ0) is 14.2. The molecule has 4 nitrogen and oxygen atoms in total. The minimum absolute atomic E-state index is 0.176. The summed E-state index contributed by atoms with van der Waals surface area (Å²) in [5.41, 5.74) is 0.990. The number of rotatable bonds is 4. The van der Waals surface area contributed by atoms with Gasteiger partial charge in [0.05, 0.1) is 0 Å². The average Bonchev–Trinajstić information content (AvgIpc) is 2.71. The molecular formula is C16H23NO3. The van der Waals surface area contributed by atoms with Gasteiger partial charge in [0.25, 0.3) is 0 Å². The third-order valence-electron chi connectivity index (χ3n) is 3.88. The molecule has 1 amide bonds. The van der Waals surface area contributed by atoms with E-state index in [1.54, 1.807) is 0 Å². The lowest BCUT2D eigenvalue weighted by molar-refractivity contribution is 0.134. The maximum atomic E-state index is 11.8. The molecule has 4 heteroatoms. The molecule has 2 N–H and O–H groups in total. The van der Waals surface area contributed by atoms with E-state index < -0.39 is 0 Å². The van der Waals surface area contributed by atoms with Crippen molar-refractivity contribution in [1.82, 2.24) is 5.32 Å². The van der Waals surface area contributed by atoms with E-state index in [0.29, 0.717) is 12.5 Å². The molecule has 20 heavy (non-hydrogen) atoms. The van der Waals surface area contributed by atoms with Gasteiger partial charge in [-0.2, -0.15) is 0 Å². The van der Waals surface area contributed by atoms with Crippen LogP contribution in [0.5, 0.6) is 0 Å². The quantitative estimate of drug-likeness (QED) is 0.832. The second-order valence-corrected chi connectivity index (χ2v) is 5.46. The normalized spacial score (nSPS) is 22.9. The van der Waals surface area contributed by atoms with E-state index in [9.17, 15) is 9.90 Å². The van der Waals surface area contributed by atoms with Crippen molar-refractivity contribution in [2.24, 2.45) is 5.92 Å². The third kappa shape index (κ3) is 4.85. The molecule has 0 spiro atoms. The number of hydrogen-bond donors (Lipinski definition) is 2. The predicted molar refractivity (Wildman–Crippen MR) is 77.2 cm³/mol. The van der Waals surface area contributed by atoms with Crippen molar-refractivity contribution in [1.29, 1.82) is 0 Å². The molecule has 1 aromatic carbocycles. The van der Waals surface area contributed by atoms with Crippen molar-refractivity contribution >= 4 is 6.09 Å². The summed E-state index contributed by atoms with van der Waals surface area (Å²) in [5, 5.41) is 12.1. The van der Waals surface area contributed by atoms with Crippen LogP contribution >= 0.6 is 0 Å². The van der Waals surface area contributed by atoms with E-state index >= 15 is 0 Å². The Bertz CT molecular complexity index is 407. The highest BCUT2D eigenvalue weighted by Gasteiger charge is 2.20. The largest absolute Gasteiger partial charge is 0.445 e. The minimum Gasteiger partial charge on any atom is -0.445 e. The first-order valence-electron chi connectivity index (χ1n) is 7.36. The summed E-state index contributed by atoms with van der Waals surface area (Å²) in [7, 11) is 0. The number of alkyl carbamates (subject to hydrolysis) is 1. The topological polar surface area (TPSA) is 58.6 Å². The SMILES string of the molecule is O=C(NC1CCCC(CO)CC1)OCc1ccccc1. The molecule has 0 aromatic heterocycles. The fourth-order valence-corrected chi connectivity index (χ4v) is 2.64. The van der Waals surface area contributed by atoms with Crippen molar-refractivity contribution < 1.29 is 14.6 Å². The van der Waals surface area contributed by atoms with E-state index in [4.69, 9.17) is 4.74 Å². The van der Waals surface area contributed by atoms with E-state index in [2.05, 4.69) is 5.32 Å². The Balaban J connectivity index is 1.71. The lowest BCUT2D eigenvalue weighted by Gasteiger charge is -2.16. The monoisotopic (exact) mass is 277 g/mol. The number of ether oxygens (including phenoxy) is 1. The first-order valence-corrected chi connectivity index (χ1v) is 7.36. The van der Waals surface area contributed by atoms with Crippen molar-refractivity contribution in [3.05, 3.63) is 35.9 Å². The molecule has 1 aliphatic carbocycles. The number of hydrogen-bond acceptors (Lipinski definition) is 3. The Morgan fingerprint density at radius 1 is 1.20 bits per heavy atom. The van der Waals surface area contributed by atoms with Crippen LogP contribution in [0.2, 0.25) is 0 Å². The molecule has 2 unspecified atom stereocenters. The van der Waals surface area contributed by atoms with Gasteiger partial charge in [-0.1, -0.05) is 36.8 Å². The number of aliphatic hydroxyl groups excluding tert-OH is 1. The molecule has 2 atom stereocenters. The van der Waals surface area contributed by atoms with Crippen molar-refractivity contribution in [2.75, 3.05) is 6.61 Å². The number of carbonyl (C=O) groups is 1. The first kappa shape index (κ1) is 14.9. The van der Waals surface area contributed by atoms with Crippen LogP contribution < -0.4 is 5.32 Å². The minimum atomic E-state index is -0.346. The lowest BCUT2D eigenvalue weighted by Crippen LogP contribution is -2.34. The molecule has 0 bridgehead atoms. The fourth-order valence-electron chi connectivity index (χ4n) is 2.64. The first-order chi connectivity index (χ1) is 9.78. The van der Waals surface area contributed by atoms with E-state index in [-0.39, 0.29) is 18.7 Å². The number of benzene rings is 1. The second kappa shape index (κ2) is 7.90. The van der Waals surface area contributed by atoms with Gasteiger partial charge in [0.2, 0.25) is 0 Å². The van der Waals surface area contributed by atoms with Gasteiger partial charge in [0.1, 0.15) is 6.61 Å². The van der Waals surface area contributed by atoms with Crippen LogP contribution in [0.15, 0.2) is 30.3 Å². The highest BCUT2D eigenvalue weighted by atomic mass is 16.5. The standard InChI is InChI=1S/C16H23NO3/c18-11-13-7-4-8-15(10-9-13)17-16(19)20-12-14-5-2-1-3-6-14/h1-3,5-6,13,15,18H,4,7-12H2,(H,17,19). The molecule has 1 aromatic rings. The Morgan fingerprint density at radius 2 is 2.00 bits per heavy atom. The fraction of sp³-hybridized carbons (Fsp3) is 0.562. The van der Waals surface area contributed by atoms with Crippen molar-refractivity contribution in [3.8, 4) is 0 Å². The van der Waals surface area contributed by atoms with Gasteiger partial charge in [-0.05, 0) is 37.2 Å². The molecular weight excluding hydrogens is 254 g/mol. The summed E-state index contributed by atoms with van der Waals surface area (Å²) < 4.78 is 5.23. The summed E-state index contributed by atoms with van der Waals surface area (Å²) in [6, 6.07) is 9.84. The molecule has 2 rings (SSSR count). The van der Waals surface area contributed by atoms with Crippen LogP contribution in [-0.4, -0.2) is 23.8 Å². The van der Waals surface area contributed by atoms with Gasteiger partial charge in [0.15, 0.2) is 0 Å². The van der Waals surface area contributed by atoms with Gasteiger partial charge in [-0.3, -0.25) is 0 Å². The van der Waals surface area contributed by atoms with Crippen LogP contribution in [0.3, 0.4) is 0 Å². The second-order valence-electron chi connectivity index (χ2n) is 5.46. The molecule has 1 saturated carbocycles. The third-order valence-corrected chi connectivity index (χ3v) is 3.88. The summed E-state index contributed by atoms with van der Waals surface area (Å²) >= 11 is 0. The van der Waals surface area contributed by atoms with E-state index in [0.717, 1.165) is 37.7 Å². The highest BCUT2D eigenvalue weighted by Crippen LogP contribution is 2.22. The van der Waals surface area contributed by atoms with Crippen molar-refractivity contribution in [3.63, 3.8) is 0 Å². The Hall–Kier alpha value is -1.55. The summed E-state index contributed by atoms with van der Waals surface area (Å²) in [6.07, 6.45) is 4.62. The highest BCUT2D eigenvalue weighted by molar-refractivity contribution is 5.67. The zero-order valence-electron chi connectivity index (χ0n) is 11.8. The van der Waals surface area contributed by atoms with Crippen LogP contribution in [0.4, 0.5) is 4.79 Å². The predicted octanol–water partition coefficient (Wildman–Crippen LogP) is 2.85. The molecule has 110 valence electrons. The van der Waals surface area contributed by atoms with E-state index in [1.807, 2.05) is 30.3 Å². The van der Waals surface area contributed by atoms with Gasteiger partial charge >= 0.3 is 6.09 Å². The number of aliphatic hydroxyl groups is 1. The van der Waals surface area contributed by atoms with Gasteiger partial charge < -0.3 is 15.2 Å². The Morgan fingerprint density at radius 3 is 2.75 bits per heavy atom. The Kier molecular flexibility index (Phi) is 5.87. The maximum absolute atomic E-state index is 11.8. The van der Waals surface area contributed by atoms with Crippen molar-refractivity contribution in [2.45, 2.75) is 44.8 Å². The smallest absolute Gasteiger partial charge is 0.407 e. The van der Waals surface area contributed by atoms with Crippen LogP contribution in [0.1, 0.15) is 37.7 Å². The van der Waals surface area contributed by atoms with Gasteiger partial charge in [0, 0.05) is 12.6 Å². The summed E-state index contributed by atoms with van der Waals surface area (Å²) in [5.74, 6) is 0.391. The molecule has 0 heterocycles. The summed E-state index contributed by atoms with van der Waals surface area (Å²) in [4.78, 5) is 11.8. The lowest BCUT2D eigenvalue weighted by atomic mass is 10.0. The molecule has 0 aliphatic heterocycles. The van der Waals surface area contributed by atoms with Crippen LogP contribution in [0.25, 0.3) is 0 Å². The molecule has 0 radical (unpaired) electrons. The molecule has 0 saturated heterocycles. The van der Waals surface area contributed by atoms with Gasteiger partial charge in [-0.25, -0.2) is 4.79 Å². The molecule has 1 fully saturated rings. The molecule has 1 aliphatic rings. The number of nitrogens with one attached hydrogen (secondary N) is 1. The zero-order valence-corrected chi connectivity index (χ0v) is 11.8. The van der Waals surface area contributed by atoms with Crippen LogP contribution in [-0.2, 0) is 11.3 Å². The van der Waals surface area contributed by atoms with Crippen LogP contribution in [0, 0.1) is 5.92 Å². The van der Waals surface area contributed by atoms with Gasteiger partial charge in [-0.15, -0.1) is 0 Å². The average molecular weight is 277 g/mol. The maximum Gasteiger partial charge on any atom is 0.407 e.